The second-order valence-electron chi connectivity index (χ2n) is 4.30. The third-order valence-corrected chi connectivity index (χ3v) is 3.28. The zero-order chi connectivity index (χ0) is 12.5. The van der Waals surface area contributed by atoms with Gasteiger partial charge in [0, 0.05) is 25.0 Å². The summed E-state index contributed by atoms with van der Waals surface area (Å²) in [6, 6.07) is 7.68. The molecule has 1 aliphatic rings. The highest BCUT2D eigenvalue weighted by Crippen LogP contribution is 2.32. The maximum absolute atomic E-state index is 12.3. The minimum Gasteiger partial charge on any atom is -0.497 e. The normalized spacial score (nSPS) is 13.5. The lowest BCUT2D eigenvalue weighted by Gasteiger charge is -2.17. The van der Waals surface area contributed by atoms with Crippen molar-refractivity contribution in [1.82, 2.24) is 4.98 Å². The molecule has 1 aromatic heterocycles. The van der Waals surface area contributed by atoms with E-state index in [4.69, 9.17) is 4.74 Å². The van der Waals surface area contributed by atoms with Crippen LogP contribution in [0.25, 0.3) is 0 Å². The first kappa shape index (κ1) is 10.9. The monoisotopic (exact) mass is 242 g/mol. The molecule has 2 aromatic rings. The van der Waals surface area contributed by atoms with Gasteiger partial charge in [-0.3, -0.25) is 4.79 Å². The highest BCUT2D eigenvalue weighted by molar-refractivity contribution is 6.07. The third-order valence-electron chi connectivity index (χ3n) is 3.28. The van der Waals surface area contributed by atoms with Gasteiger partial charge in [-0.15, -0.1) is 0 Å². The number of amides is 1. The lowest BCUT2D eigenvalue weighted by atomic mass is 10.1. The molecule has 0 fully saturated rings. The Kier molecular flexibility index (Phi) is 2.55. The van der Waals surface area contributed by atoms with E-state index in [9.17, 15) is 4.79 Å². The Morgan fingerprint density at radius 3 is 3.00 bits per heavy atom. The van der Waals surface area contributed by atoms with Crippen LogP contribution in [0.5, 0.6) is 5.75 Å². The largest absolute Gasteiger partial charge is 0.497 e. The summed E-state index contributed by atoms with van der Waals surface area (Å²) < 4.78 is 5.21. The smallest absolute Gasteiger partial charge is 0.259 e. The number of ether oxygens (including phenoxy) is 1. The zero-order valence-electron chi connectivity index (χ0n) is 10.1. The molecule has 92 valence electrons. The highest BCUT2D eigenvalue weighted by atomic mass is 16.5. The van der Waals surface area contributed by atoms with E-state index >= 15 is 0 Å². The Labute approximate surface area is 105 Å². The Hall–Kier alpha value is -2.23. The van der Waals surface area contributed by atoms with Gasteiger partial charge in [-0.1, -0.05) is 6.07 Å². The van der Waals surface area contributed by atoms with E-state index in [1.807, 2.05) is 18.2 Å². The summed E-state index contributed by atoms with van der Waals surface area (Å²) in [4.78, 5) is 17.1. The average Bonchev–Trinajstić information content (AvgIpc) is 3.06. The van der Waals surface area contributed by atoms with Gasteiger partial charge in [0.25, 0.3) is 5.91 Å². The summed E-state index contributed by atoms with van der Waals surface area (Å²) in [7, 11) is 1.63. The number of hydrogen-bond donors (Lipinski definition) is 1. The highest BCUT2D eigenvalue weighted by Gasteiger charge is 2.26. The molecule has 0 unspecified atom stereocenters. The van der Waals surface area contributed by atoms with Crippen molar-refractivity contribution >= 4 is 11.6 Å². The number of aromatic nitrogens is 1. The van der Waals surface area contributed by atoms with Gasteiger partial charge in [0.1, 0.15) is 5.75 Å². The van der Waals surface area contributed by atoms with Gasteiger partial charge in [-0.2, -0.15) is 0 Å². The number of aromatic amines is 1. The van der Waals surface area contributed by atoms with Gasteiger partial charge in [-0.25, -0.2) is 0 Å². The van der Waals surface area contributed by atoms with Crippen molar-refractivity contribution in [2.75, 3.05) is 18.6 Å². The van der Waals surface area contributed by atoms with Crippen LogP contribution in [0, 0.1) is 0 Å². The molecule has 1 aromatic carbocycles. The number of nitrogens with zero attached hydrogens (tertiary/aromatic N) is 1. The lowest BCUT2D eigenvalue weighted by Crippen LogP contribution is -2.28. The minimum atomic E-state index is 0.0308. The van der Waals surface area contributed by atoms with Crippen LogP contribution in [0.3, 0.4) is 0 Å². The van der Waals surface area contributed by atoms with Crippen LogP contribution in [0.1, 0.15) is 15.9 Å². The number of nitrogens with one attached hydrogen (secondary N) is 1. The SMILES string of the molecule is COc1ccc2c(c1)N(C(=O)c1cc[nH]c1)CC2. The second-order valence-corrected chi connectivity index (χ2v) is 4.30. The molecule has 2 heterocycles. The fraction of sp³-hybridized carbons (Fsp3) is 0.214. The van der Waals surface area contributed by atoms with E-state index in [0.29, 0.717) is 5.56 Å². The first-order valence-electron chi connectivity index (χ1n) is 5.91. The van der Waals surface area contributed by atoms with Crippen molar-refractivity contribution in [3.63, 3.8) is 0 Å². The number of fused-ring (bicyclic) bond motifs is 1. The molecule has 18 heavy (non-hydrogen) atoms. The van der Waals surface area contributed by atoms with Crippen LogP contribution in [-0.2, 0) is 6.42 Å². The van der Waals surface area contributed by atoms with Crippen molar-refractivity contribution in [3.05, 3.63) is 47.8 Å². The molecule has 1 N–H and O–H groups in total. The first-order valence-corrected chi connectivity index (χ1v) is 5.91. The molecule has 0 saturated heterocycles. The van der Waals surface area contributed by atoms with Gasteiger partial charge in [0.15, 0.2) is 0 Å². The van der Waals surface area contributed by atoms with Crippen LogP contribution in [0.2, 0.25) is 0 Å². The van der Waals surface area contributed by atoms with Gasteiger partial charge < -0.3 is 14.6 Å². The fourth-order valence-electron chi connectivity index (χ4n) is 2.31. The molecule has 0 bridgehead atoms. The molecule has 0 radical (unpaired) electrons. The van der Waals surface area contributed by atoms with Crippen molar-refractivity contribution < 1.29 is 9.53 Å². The fourth-order valence-corrected chi connectivity index (χ4v) is 2.31. The van der Waals surface area contributed by atoms with Crippen molar-refractivity contribution in [2.24, 2.45) is 0 Å². The number of carbonyl (C=O) groups is 1. The van der Waals surface area contributed by atoms with Gasteiger partial charge in [0.2, 0.25) is 0 Å². The molecule has 0 saturated carbocycles. The summed E-state index contributed by atoms with van der Waals surface area (Å²) >= 11 is 0. The summed E-state index contributed by atoms with van der Waals surface area (Å²) in [6.07, 6.45) is 4.38. The molecule has 0 atom stereocenters. The van der Waals surface area contributed by atoms with Crippen LogP contribution >= 0.6 is 0 Å². The molecule has 4 nitrogen and oxygen atoms in total. The molecule has 3 rings (SSSR count). The zero-order valence-corrected chi connectivity index (χ0v) is 10.1. The number of anilines is 1. The summed E-state index contributed by atoms with van der Waals surface area (Å²) in [5.41, 5.74) is 2.84. The summed E-state index contributed by atoms with van der Waals surface area (Å²) in [5, 5.41) is 0. The van der Waals surface area contributed by atoms with Gasteiger partial charge in [0.05, 0.1) is 18.4 Å². The maximum Gasteiger partial charge on any atom is 0.259 e. The number of hydrogen-bond acceptors (Lipinski definition) is 2. The van der Waals surface area contributed by atoms with E-state index < -0.39 is 0 Å². The van der Waals surface area contributed by atoms with Gasteiger partial charge >= 0.3 is 0 Å². The predicted octanol–water partition coefficient (Wildman–Crippen LogP) is 2.23. The quantitative estimate of drug-likeness (QED) is 0.877. The molecular formula is C14H14N2O2. The van der Waals surface area contributed by atoms with Crippen LogP contribution in [-0.4, -0.2) is 24.5 Å². The summed E-state index contributed by atoms with van der Waals surface area (Å²) in [5.74, 6) is 0.811. The van der Waals surface area contributed by atoms with E-state index in [0.717, 1.165) is 24.4 Å². The molecule has 0 aliphatic carbocycles. The number of H-pyrrole nitrogens is 1. The molecule has 1 amide bonds. The Morgan fingerprint density at radius 2 is 2.28 bits per heavy atom. The predicted molar refractivity (Wildman–Crippen MR) is 69.2 cm³/mol. The third kappa shape index (κ3) is 1.66. The summed E-state index contributed by atoms with van der Waals surface area (Å²) in [6.45, 7) is 0.729. The molecule has 4 heteroatoms. The lowest BCUT2D eigenvalue weighted by molar-refractivity contribution is 0.0989. The Bertz CT molecular complexity index is 575. The minimum absolute atomic E-state index is 0.0308. The topological polar surface area (TPSA) is 45.3 Å². The molecule has 0 spiro atoms. The maximum atomic E-state index is 12.3. The van der Waals surface area contributed by atoms with E-state index in [1.54, 1.807) is 30.5 Å². The first-order chi connectivity index (χ1) is 8.79. The van der Waals surface area contributed by atoms with E-state index in [-0.39, 0.29) is 5.91 Å². The van der Waals surface area contributed by atoms with Crippen LogP contribution in [0.4, 0.5) is 5.69 Å². The van der Waals surface area contributed by atoms with Crippen molar-refractivity contribution in [1.29, 1.82) is 0 Å². The number of methoxy groups -OCH3 is 1. The van der Waals surface area contributed by atoms with Crippen LogP contribution < -0.4 is 9.64 Å². The standard InChI is InChI=1S/C14H14N2O2/c1-18-12-3-2-10-5-7-16(13(10)8-12)14(17)11-4-6-15-9-11/h2-4,6,8-9,15H,5,7H2,1H3. The van der Waals surface area contributed by atoms with Gasteiger partial charge in [-0.05, 0) is 24.1 Å². The molecular weight excluding hydrogens is 228 g/mol. The average molecular weight is 242 g/mol. The van der Waals surface area contributed by atoms with Crippen LogP contribution in [0.15, 0.2) is 36.7 Å². The van der Waals surface area contributed by atoms with Crippen molar-refractivity contribution in [2.45, 2.75) is 6.42 Å². The Balaban J connectivity index is 1.96. The number of rotatable bonds is 2. The van der Waals surface area contributed by atoms with Crippen molar-refractivity contribution in [3.8, 4) is 5.75 Å². The van der Waals surface area contributed by atoms with E-state index in [1.165, 1.54) is 5.56 Å². The second kappa shape index (κ2) is 4.22. The number of carbonyl (C=O) groups excluding carboxylic acids is 1. The molecule has 1 aliphatic heterocycles. The number of benzene rings is 1. The van der Waals surface area contributed by atoms with E-state index in [2.05, 4.69) is 4.98 Å². The Morgan fingerprint density at radius 1 is 1.39 bits per heavy atom.